The minimum absolute atomic E-state index is 0.114. The zero-order chi connectivity index (χ0) is 19.4. The third-order valence-corrected chi connectivity index (χ3v) is 6.17. The number of aromatic nitrogens is 2. The predicted octanol–water partition coefficient (Wildman–Crippen LogP) is 1.59. The molecule has 0 bridgehead atoms. The maximum atomic E-state index is 13.9. The van der Waals surface area contributed by atoms with Crippen molar-refractivity contribution in [2.45, 2.75) is 38.2 Å². The molecule has 0 unspecified atom stereocenters. The van der Waals surface area contributed by atoms with E-state index in [1.54, 1.807) is 4.90 Å². The topological polar surface area (TPSA) is 75.6 Å². The van der Waals surface area contributed by atoms with Crippen LogP contribution in [0.15, 0.2) is 12.4 Å². The van der Waals surface area contributed by atoms with Gasteiger partial charge in [-0.1, -0.05) is 0 Å². The van der Waals surface area contributed by atoms with Gasteiger partial charge in [-0.15, -0.1) is 0 Å². The summed E-state index contributed by atoms with van der Waals surface area (Å²) in [7, 11) is 1.46. The average molecular weight is 380 g/mol. The number of alkyl halides is 2. The molecular weight excluding hydrogens is 358 g/mol. The third kappa shape index (κ3) is 2.83. The Morgan fingerprint density at radius 1 is 1.30 bits per heavy atom. The van der Waals surface area contributed by atoms with Gasteiger partial charge in [0, 0.05) is 38.5 Å². The summed E-state index contributed by atoms with van der Waals surface area (Å²) in [5.41, 5.74) is -1.31. The molecule has 0 radical (unpaired) electrons. The number of ether oxygens (including phenoxy) is 1. The lowest BCUT2D eigenvalue weighted by Crippen LogP contribution is -2.46. The van der Waals surface area contributed by atoms with E-state index in [2.05, 4.69) is 9.97 Å². The van der Waals surface area contributed by atoms with Gasteiger partial charge >= 0.3 is 0 Å². The van der Waals surface area contributed by atoms with Gasteiger partial charge in [-0.3, -0.25) is 9.59 Å². The molecule has 146 valence electrons. The predicted molar refractivity (Wildman–Crippen MR) is 90.4 cm³/mol. The van der Waals surface area contributed by atoms with Crippen molar-refractivity contribution >= 4 is 11.8 Å². The molecule has 1 saturated carbocycles. The van der Waals surface area contributed by atoms with Crippen molar-refractivity contribution in [2.75, 3.05) is 26.7 Å². The zero-order valence-electron chi connectivity index (χ0n) is 15.3. The van der Waals surface area contributed by atoms with E-state index < -0.39 is 17.2 Å². The van der Waals surface area contributed by atoms with Gasteiger partial charge in [0.1, 0.15) is 17.4 Å². The summed E-state index contributed by atoms with van der Waals surface area (Å²) in [6.45, 7) is 2.12. The van der Waals surface area contributed by atoms with Crippen LogP contribution >= 0.6 is 0 Å². The molecule has 1 aliphatic carbocycles. The van der Waals surface area contributed by atoms with Crippen LogP contribution in [0.4, 0.5) is 8.78 Å². The number of carbonyl (C=O) groups excluding carboxylic acids is 2. The normalized spacial score (nSPS) is 26.1. The van der Waals surface area contributed by atoms with Crippen LogP contribution in [-0.4, -0.2) is 70.3 Å². The number of hydrogen-bond donors (Lipinski definition) is 0. The summed E-state index contributed by atoms with van der Waals surface area (Å²) in [5.74, 6) is -3.33. The highest BCUT2D eigenvalue weighted by Crippen LogP contribution is 2.58. The Kier molecular flexibility index (Phi) is 4.08. The summed E-state index contributed by atoms with van der Waals surface area (Å²) in [6, 6.07) is 1.31. The molecule has 2 amide bonds. The molecule has 27 heavy (non-hydrogen) atoms. The molecule has 2 saturated heterocycles. The van der Waals surface area contributed by atoms with Crippen LogP contribution in [0, 0.1) is 11.3 Å². The smallest absolute Gasteiger partial charge is 0.273 e. The second-order valence-electron chi connectivity index (χ2n) is 7.74. The standard InChI is InChI=1S/C18H22F2N4O3/c1-17(19,20)18(4-5-18)16(26)23-8-11-3-6-24(13(11)9-23)15(25)12-7-14(27-2)22-10-21-12/h7,10-11,13H,3-6,8-9H2,1-2H3/t11-,13+/m1/s1. The summed E-state index contributed by atoms with van der Waals surface area (Å²) >= 11 is 0. The second kappa shape index (κ2) is 6.10. The first kappa shape index (κ1) is 18.1. The van der Waals surface area contributed by atoms with Crippen LogP contribution in [0.5, 0.6) is 5.88 Å². The zero-order valence-corrected chi connectivity index (χ0v) is 15.3. The number of methoxy groups -OCH3 is 1. The molecule has 7 nitrogen and oxygen atoms in total. The van der Waals surface area contributed by atoms with Crippen molar-refractivity contribution < 1.29 is 23.1 Å². The van der Waals surface area contributed by atoms with Crippen LogP contribution in [-0.2, 0) is 4.79 Å². The van der Waals surface area contributed by atoms with E-state index in [0.29, 0.717) is 25.5 Å². The van der Waals surface area contributed by atoms with Crippen molar-refractivity contribution in [1.29, 1.82) is 0 Å². The van der Waals surface area contributed by atoms with Gasteiger partial charge < -0.3 is 14.5 Å². The highest BCUT2D eigenvalue weighted by molar-refractivity contribution is 5.93. The SMILES string of the molecule is COc1cc(C(=O)N2CC[C@@H]3CN(C(=O)C4(C(C)(F)F)CC4)C[C@@H]32)ncn1. The van der Waals surface area contributed by atoms with Gasteiger partial charge in [0.2, 0.25) is 11.8 Å². The van der Waals surface area contributed by atoms with E-state index >= 15 is 0 Å². The van der Waals surface area contributed by atoms with Gasteiger partial charge in [-0.05, 0) is 19.3 Å². The summed E-state index contributed by atoms with van der Waals surface area (Å²) in [5, 5.41) is 0. The quantitative estimate of drug-likeness (QED) is 0.793. The third-order valence-electron chi connectivity index (χ3n) is 6.17. The molecule has 0 aromatic carbocycles. The first-order valence-corrected chi connectivity index (χ1v) is 9.11. The van der Waals surface area contributed by atoms with Crippen molar-refractivity contribution in [2.24, 2.45) is 11.3 Å². The molecule has 3 heterocycles. The Hall–Kier alpha value is -2.32. The molecule has 4 rings (SSSR count). The number of carbonyl (C=O) groups is 2. The average Bonchev–Trinajstić information content (AvgIpc) is 3.23. The highest BCUT2D eigenvalue weighted by Gasteiger charge is 2.66. The second-order valence-corrected chi connectivity index (χ2v) is 7.74. The number of fused-ring (bicyclic) bond motifs is 1. The van der Waals surface area contributed by atoms with E-state index in [1.807, 2.05) is 0 Å². The van der Waals surface area contributed by atoms with Crippen LogP contribution in [0.2, 0.25) is 0 Å². The monoisotopic (exact) mass is 380 g/mol. The largest absolute Gasteiger partial charge is 0.481 e. The Balaban J connectivity index is 1.49. The maximum absolute atomic E-state index is 13.9. The molecule has 2 aliphatic heterocycles. The van der Waals surface area contributed by atoms with E-state index in [0.717, 1.165) is 13.3 Å². The van der Waals surface area contributed by atoms with Gasteiger partial charge in [0.25, 0.3) is 11.8 Å². The Morgan fingerprint density at radius 3 is 2.67 bits per heavy atom. The Bertz CT molecular complexity index is 778. The molecule has 3 aliphatic rings. The minimum Gasteiger partial charge on any atom is -0.481 e. The molecule has 9 heteroatoms. The molecule has 2 atom stereocenters. The molecule has 0 N–H and O–H groups in total. The fourth-order valence-electron chi connectivity index (χ4n) is 4.36. The Morgan fingerprint density at radius 2 is 2.04 bits per heavy atom. The van der Waals surface area contributed by atoms with Crippen molar-refractivity contribution in [3.05, 3.63) is 18.1 Å². The number of rotatable bonds is 4. The number of amides is 2. The minimum atomic E-state index is -3.02. The number of nitrogens with zero attached hydrogens (tertiary/aromatic N) is 4. The maximum Gasteiger partial charge on any atom is 0.273 e. The molecule has 0 spiro atoms. The van der Waals surface area contributed by atoms with Crippen LogP contribution in [0.25, 0.3) is 0 Å². The fourth-order valence-corrected chi connectivity index (χ4v) is 4.36. The van der Waals surface area contributed by atoms with Crippen LogP contribution in [0.3, 0.4) is 0 Å². The van der Waals surface area contributed by atoms with E-state index in [4.69, 9.17) is 4.74 Å². The number of hydrogen-bond acceptors (Lipinski definition) is 5. The van der Waals surface area contributed by atoms with Crippen molar-refractivity contribution in [1.82, 2.24) is 19.8 Å². The first-order chi connectivity index (χ1) is 12.8. The van der Waals surface area contributed by atoms with Crippen molar-refractivity contribution in [3.8, 4) is 5.88 Å². The van der Waals surface area contributed by atoms with Crippen LogP contribution < -0.4 is 4.74 Å². The highest BCUT2D eigenvalue weighted by atomic mass is 19.3. The molecule has 1 aromatic rings. The van der Waals surface area contributed by atoms with Crippen molar-refractivity contribution in [3.63, 3.8) is 0 Å². The number of halogens is 2. The van der Waals surface area contributed by atoms with E-state index in [9.17, 15) is 18.4 Å². The van der Waals surface area contributed by atoms with Crippen LogP contribution in [0.1, 0.15) is 36.7 Å². The van der Waals surface area contributed by atoms with Gasteiger partial charge in [-0.25, -0.2) is 18.7 Å². The summed E-state index contributed by atoms with van der Waals surface area (Å²) in [6.07, 6.45) is 2.47. The fraction of sp³-hybridized carbons (Fsp3) is 0.667. The summed E-state index contributed by atoms with van der Waals surface area (Å²) < 4.78 is 32.9. The lowest BCUT2D eigenvalue weighted by Gasteiger charge is -2.29. The lowest BCUT2D eigenvalue weighted by atomic mass is 9.97. The molecular formula is C18H22F2N4O3. The first-order valence-electron chi connectivity index (χ1n) is 9.11. The molecule has 1 aromatic heterocycles. The van der Waals surface area contributed by atoms with E-state index in [-0.39, 0.29) is 36.4 Å². The Labute approximate surface area is 155 Å². The van der Waals surface area contributed by atoms with E-state index in [1.165, 1.54) is 24.4 Å². The lowest BCUT2D eigenvalue weighted by molar-refractivity contribution is -0.151. The van der Waals surface area contributed by atoms with Gasteiger partial charge in [0.05, 0.1) is 13.2 Å². The summed E-state index contributed by atoms with van der Waals surface area (Å²) in [4.78, 5) is 36.7. The number of likely N-dealkylation sites (tertiary alicyclic amines) is 2. The van der Waals surface area contributed by atoms with Gasteiger partial charge in [0.15, 0.2) is 0 Å². The molecule has 3 fully saturated rings. The van der Waals surface area contributed by atoms with Gasteiger partial charge in [-0.2, -0.15) is 0 Å².